The molecule has 0 radical (unpaired) electrons. The van der Waals surface area contributed by atoms with Crippen LogP contribution in [0.1, 0.15) is 54.0 Å². The summed E-state index contributed by atoms with van der Waals surface area (Å²) in [7, 11) is 1.78. The molecule has 0 spiro atoms. The van der Waals surface area contributed by atoms with Gasteiger partial charge in [-0.15, -0.1) is 0 Å². The van der Waals surface area contributed by atoms with Crippen LogP contribution in [0.2, 0.25) is 0 Å². The molecule has 144 valence electrons. The Morgan fingerprint density at radius 2 is 1.89 bits per heavy atom. The lowest BCUT2D eigenvalue weighted by Crippen LogP contribution is -2.57. The molecule has 0 N–H and O–H groups in total. The third-order valence-corrected chi connectivity index (χ3v) is 5.21. The van der Waals surface area contributed by atoms with Crippen LogP contribution in [0.5, 0.6) is 0 Å². The number of aromatic nitrogens is 2. The van der Waals surface area contributed by atoms with Crippen molar-refractivity contribution in [2.24, 2.45) is 7.05 Å². The van der Waals surface area contributed by atoms with E-state index in [1.54, 1.807) is 23.6 Å². The molecule has 1 aliphatic heterocycles. The minimum Gasteiger partial charge on any atom is -0.335 e. The molecule has 0 aliphatic carbocycles. The molecule has 2 heterocycles. The Morgan fingerprint density at radius 1 is 1.22 bits per heavy atom. The maximum atomic E-state index is 13.0. The summed E-state index contributed by atoms with van der Waals surface area (Å²) < 4.78 is 1.62. The maximum Gasteiger partial charge on any atom is 0.272 e. The SMILES string of the molecule is Cc1ccc(CN2CCN(C(=O)c3cc(C(C)C)nn3C)[C@H](C)C2=O)cc1. The molecular formula is C21H28N4O2. The van der Waals surface area contributed by atoms with Gasteiger partial charge in [0.25, 0.3) is 5.91 Å². The zero-order valence-corrected chi connectivity index (χ0v) is 16.8. The zero-order chi connectivity index (χ0) is 19.7. The first-order chi connectivity index (χ1) is 12.8. The second-order valence-corrected chi connectivity index (χ2v) is 7.65. The van der Waals surface area contributed by atoms with Gasteiger partial charge in [-0.1, -0.05) is 43.7 Å². The second-order valence-electron chi connectivity index (χ2n) is 7.65. The van der Waals surface area contributed by atoms with Crippen molar-refractivity contribution in [1.29, 1.82) is 0 Å². The average molecular weight is 368 g/mol. The quantitative estimate of drug-likeness (QED) is 0.834. The summed E-state index contributed by atoms with van der Waals surface area (Å²) in [5.74, 6) is 0.109. The van der Waals surface area contributed by atoms with Crippen molar-refractivity contribution in [3.63, 3.8) is 0 Å². The van der Waals surface area contributed by atoms with Crippen molar-refractivity contribution in [1.82, 2.24) is 19.6 Å². The molecule has 3 rings (SSSR count). The fraction of sp³-hybridized carbons (Fsp3) is 0.476. The highest BCUT2D eigenvalue weighted by Gasteiger charge is 2.35. The fourth-order valence-corrected chi connectivity index (χ4v) is 3.40. The van der Waals surface area contributed by atoms with E-state index in [1.165, 1.54) is 5.56 Å². The van der Waals surface area contributed by atoms with Crippen molar-refractivity contribution in [2.75, 3.05) is 13.1 Å². The molecule has 0 saturated carbocycles. The summed E-state index contributed by atoms with van der Waals surface area (Å²) in [6.07, 6.45) is 0. The van der Waals surface area contributed by atoms with Gasteiger partial charge in [0, 0.05) is 26.7 Å². The molecule has 1 atom stereocenters. The van der Waals surface area contributed by atoms with Crippen molar-refractivity contribution in [2.45, 2.75) is 46.2 Å². The number of hydrogen-bond donors (Lipinski definition) is 0. The van der Waals surface area contributed by atoms with Gasteiger partial charge < -0.3 is 9.80 Å². The van der Waals surface area contributed by atoms with E-state index in [1.807, 2.05) is 43.9 Å². The number of carbonyl (C=O) groups is 2. The first-order valence-corrected chi connectivity index (χ1v) is 9.47. The maximum absolute atomic E-state index is 13.0. The van der Waals surface area contributed by atoms with Gasteiger partial charge in [0.2, 0.25) is 5.91 Å². The lowest BCUT2D eigenvalue weighted by molar-refractivity contribution is -0.140. The van der Waals surface area contributed by atoms with Crippen molar-refractivity contribution in [3.05, 3.63) is 52.8 Å². The Balaban J connectivity index is 1.72. The predicted molar refractivity (Wildman–Crippen MR) is 104 cm³/mol. The van der Waals surface area contributed by atoms with E-state index in [0.29, 0.717) is 25.3 Å². The molecule has 2 amide bonds. The Morgan fingerprint density at radius 3 is 2.48 bits per heavy atom. The van der Waals surface area contributed by atoms with Gasteiger partial charge in [0.15, 0.2) is 0 Å². The van der Waals surface area contributed by atoms with E-state index in [-0.39, 0.29) is 17.7 Å². The lowest BCUT2D eigenvalue weighted by atomic mass is 10.1. The van der Waals surface area contributed by atoms with Crippen LogP contribution >= 0.6 is 0 Å². The van der Waals surface area contributed by atoms with Gasteiger partial charge in [-0.3, -0.25) is 14.3 Å². The topological polar surface area (TPSA) is 58.4 Å². The van der Waals surface area contributed by atoms with Gasteiger partial charge >= 0.3 is 0 Å². The number of nitrogens with zero attached hydrogens (tertiary/aromatic N) is 4. The largest absolute Gasteiger partial charge is 0.335 e. The molecule has 0 unspecified atom stereocenters. The number of amides is 2. The monoisotopic (exact) mass is 368 g/mol. The molecule has 1 aliphatic rings. The summed E-state index contributed by atoms with van der Waals surface area (Å²) in [5.41, 5.74) is 3.73. The molecule has 6 nitrogen and oxygen atoms in total. The third kappa shape index (κ3) is 3.89. The standard InChI is InChI=1S/C21H28N4O2/c1-14(2)18-12-19(23(5)22-18)21(27)25-11-10-24(20(26)16(25)4)13-17-8-6-15(3)7-9-17/h6-9,12,14,16H,10-11,13H2,1-5H3/t16-/m1/s1. The number of hydrogen-bond acceptors (Lipinski definition) is 3. The van der Waals surface area contributed by atoms with Crippen LogP contribution in [-0.2, 0) is 18.4 Å². The van der Waals surface area contributed by atoms with Gasteiger partial charge in [-0.25, -0.2) is 0 Å². The number of rotatable bonds is 4. The van der Waals surface area contributed by atoms with Crippen LogP contribution in [-0.4, -0.2) is 50.5 Å². The second kappa shape index (κ2) is 7.55. The minimum absolute atomic E-state index is 0.0126. The highest BCUT2D eigenvalue weighted by Crippen LogP contribution is 2.20. The summed E-state index contributed by atoms with van der Waals surface area (Å²) >= 11 is 0. The van der Waals surface area contributed by atoms with Crippen molar-refractivity contribution in [3.8, 4) is 0 Å². The smallest absolute Gasteiger partial charge is 0.272 e. The van der Waals surface area contributed by atoms with Gasteiger partial charge in [0.1, 0.15) is 11.7 Å². The van der Waals surface area contributed by atoms with E-state index < -0.39 is 6.04 Å². The summed E-state index contributed by atoms with van der Waals surface area (Å²) in [6.45, 7) is 9.59. The van der Waals surface area contributed by atoms with Crippen molar-refractivity contribution < 1.29 is 9.59 Å². The summed E-state index contributed by atoms with van der Waals surface area (Å²) in [6, 6.07) is 9.56. The van der Waals surface area contributed by atoms with E-state index in [9.17, 15) is 9.59 Å². The fourth-order valence-electron chi connectivity index (χ4n) is 3.40. The summed E-state index contributed by atoms with van der Waals surface area (Å²) in [5, 5.41) is 4.42. The molecule has 27 heavy (non-hydrogen) atoms. The van der Waals surface area contributed by atoms with Crippen LogP contribution in [0.3, 0.4) is 0 Å². The van der Waals surface area contributed by atoms with E-state index in [2.05, 4.69) is 17.2 Å². The first-order valence-electron chi connectivity index (χ1n) is 9.47. The van der Waals surface area contributed by atoms with Gasteiger partial charge in [0.05, 0.1) is 5.69 Å². The number of benzene rings is 1. The van der Waals surface area contributed by atoms with Gasteiger partial charge in [-0.2, -0.15) is 5.10 Å². The number of aryl methyl sites for hydroxylation is 2. The lowest BCUT2D eigenvalue weighted by Gasteiger charge is -2.39. The Kier molecular flexibility index (Phi) is 5.35. The molecule has 1 aromatic heterocycles. The first kappa shape index (κ1) is 19.1. The Hall–Kier alpha value is -2.63. The third-order valence-electron chi connectivity index (χ3n) is 5.21. The van der Waals surface area contributed by atoms with Gasteiger partial charge in [-0.05, 0) is 31.4 Å². The molecule has 0 bridgehead atoms. The average Bonchev–Trinajstić information content (AvgIpc) is 3.02. The normalized spacial score (nSPS) is 17.7. The van der Waals surface area contributed by atoms with Crippen LogP contribution < -0.4 is 0 Å². The van der Waals surface area contributed by atoms with Crippen LogP contribution in [0.15, 0.2) is 30.3 Å². The number of piperazine rings is 1. The van der Waals surface area contributed by atoms with Crippen molar-refractivity contribution >= 4 is 11.8 Å². The van der Waals surface area contributed by atoms with E-state index in [4.69, 9.17) is 0 Å². The van der Waals surface area contributed by atoms with Crippen LogP contribution in [0, 0.1) is 6.92 Å². The minimum atomic E-state index is -0.478. The molecule has 1 saturated heterocycles. The Labute approximate surface area is 160 Å². The summed E-state index contributed by atoms with van der Waals surface area (Å²) in [4.78, 5) is 29.4. The molecule has 6 heteroatoms. The van der Waals surface area contributed by atoms with E-state index >= 15 is 0 Å². The predicted octanol–water partition coefficient (Wildman–Crippen LogP) is 2.73. The highest BCUT2D eigenvalue weighted by atomic mass is 16.2. The number of carbonyl (C=O) groups excluding carboxylic acids is 2. The highest BCUT2D eigenvalue weighted by molar-refractivity contribution is 5.97. The van der Waals surface area contributed by atoms with Crippen LogP contribution in [0.4, 0.5) is 0 Å². The molecule has 1 aromatic carbocycles. The van der Waals surface area contributed by atoms with Crippen LogP contribution in [0.25, 0.3) is 0 Å². The molecule has 1 fully saturated rings. The van der Waals surface area contributed by atoms with E-state index in [0.717, 1.165) is 11.3 Å². The molecule has 2 aromatic rings. The molecular weight excluding hydrogens is 340 g/mol. The Bertz CT molecular complexity index is 838. The zero-order valence-electron chi connectivity index (χ0n) is 16.8.